The molecule has 4 rings (SSSR count). The van der Waals surface area contributed by atoms with Crippen LogP contribution in [-0.2, 0) is 4.79 Å². The predicted molar refractivity (Wildman–Crippen MR) is 118 cm³/mol. The van der Waals surface area contributed by atoms with Crippen LogP contribution in [-0.4, -0.2) is 28.7 Å². The van der Waals surface area contributed by atoms with E-state index in [1.165, 1.54) is 18.5 Å². The molecule has 2 aliphatic carbocycles. The summed E-state index contributed by atoms with van der Waals surface area (Å²) >= 11 is 1.97. The molecule has 0 aromatic heterocycles. The third kappa shape index (κ3) is 3.89. The van der Waals surface area contributed by atoms with Gasteiger partial charge in [0.1, 0.15) is 0 Å². The highest BCUT2D eigenvalue weighted by Crippen LogP contribution is 2.57. The number of nitrogens with one attached hydrogen (secondary N) is 1. The van der Waals surface area contributed by atoms with E-state index >= 15 is 0 Å². The van der Waals surface area contributed by atoms with Crippen molar-refractivity contribution in [2.24, 2.45) is 28.2 Å². The molecule has 1 saturated heterocycles. The fourth-order valence-electron chi connectivity index (χ4n) is 5.35. The van der Waals surface area contributed by atoms with Crippen molar-refractivity contribution in [2.75, 3.05) is 5.75 Å². The zero-order chi connectivity index (χ0) is 18.4. The molecule has 4 aliphatic rings. The van der Waals surface area contributed by atoms with Crippen LogP contribution in [0.25, 0.3) is 0 Å². The molecule has 2 heterocycles. The second kappa shape index (κ2) is 7.94. The highest BCUT2D eigenvalue weighted by atomic mass is 35.5. The molecule has 3 unspecified atom stereocenters. The van der Waals surface area contributed by atoms with Crippen LogP contribution in [0.4, 0.5) is 0 Å². The highest BCUT2D eigenvalue weighted by Gasteiger charge is 2.54. The Morgan fingerprint density at radius 3 is 2.70 bits per heavy atom. The van der Waals surface area contributed by atoms with Crippen molar-refractivity contribution in [3.8, 4) is 0 Å². The van der Waals surface area contributed by atoms with Gasteiger partial charge in [-0.1, -0.05) is 32.9 Å². The lowest BCUT2D eigenvalue weighted by atomic mass is 9.71. The number of hydrogen-bond acceptors (Lipinski definition) is 3. The summed E-state index contributed by atoms with van der Waals surface area (Å²) in [6.45, 7) is 7.04. The summed E-state index contributed by atoms with van der Waals surface area (Å²) in [7, 11) is 0. The molecule has 27 heavy (non-hydrogen) atoms. The van der Waals surface area contributed by atoms with Gasteiger partial charge in [0.05, 0.1) is 16.4 Å². The number of allylic oxidation sites excluding steroid dienone is 3. The quantitative estimate of drug-likeness (QED) is 0.685. The first-order valence-electron chi connectivity index (χ1n) is 10.2. The highest BCUT2D eigenvalue weighted by molar-refractivity contribution is 8.01. The number of hydrogen-bond donors (Lipinski definition) is 1. The number of aliphatic imine (C=N–C) groups is 1. The van der Waals surface area contributed by atoms with Gasteiger partial charge in [-0.05, 0) is 61.9 Å². The minimum atomic E-state index is 0. The average molecular weight is 409 g/mol. The normalized spacial score (nSPS) is 37.7. The molecule has 5 heteroatoms. The van der Waals surface area contributed by atoms with Gasteiger partial charge in [0, 0.05) is 18.0 Å². The van der Waals surface area contributed by atoms with Crippen molar-refractivity contribution in [1.29, 1.82) is 0 Å². The maximum atomic E-state index is 13.1. The number of carbonyl (C=O) groups is 1. The summed E-state index contributed by atoms with van der Waals surface area (Å²) in [5, 5.41) is 3.42. The molecule has 0 aromatic rings. The van der Waals surface area contributed by atoms with Crippen LogP contribution in [0.15, 0.2) is 28.9 Å². The van der Waals surface area contributed by atoms with Crippen LogP contribution in [0, 0.1) is 23.2 Å². The minimum Gasteiger partial charge on any atom is -0.353 e. The molecule has 150 valence electrons. The second-order valence-electron chi connectivity index (χ2n) is 9.57. The third-order valence-corrected chi connectivity index (χ3v) is 8.79. The van der Waals surface area contributed by atoms with Crippen LogP contribution in [0.3, 0.4) is 0 Å². The van der Waals surface area contributed by atoms with Crippen LogP contribution in [0.1, 0.15) is 59.3 Å². The SMILES string of the molecule is CC(C)(C)C1CCC(NC(=O)C2CSC34CC=CC=C3N=CCC24)CC1.Cl. The van der Waals surface area contributed by atoms with Crippen LogP contribution < -0.4 is 5.32 Å². The summed E-state index contributed by atoms with van der Waals surface area (Å²) in [4.78, 5) is 17.8. The number of rotatable bonds is 2. The monoisotopic (exact) mass is 408 g/mol. The zero-order valence-corrected chi connectivity index (χ0v) is 18.4. The minimum absolute atomic E-state index is 0. The Morgan fingerprint density at radius 2 is 2.00 bits per heavy atom. The molecular weight excluding hydrogens is 376 g/mol. The fraction of sp³-hybridized carbons (Fsp3) is 0.727. The molecule has 0 aromatic carbocycles. The lowest BCUT2D eigenvalue weighted by Gasteiger charge is -2.40. The molecule has 3 nitrogen and oxygen atoms in total. The van der Waals surface area contributed by atoms with E-state index in [1.807, 2.05) is 18.0 Å². The van der Waals surface area contributed by atoms with Gasteiger partial charge in [-0.25, -0.2) is 0 Å². The summed E-state index contributed by atoms with van der Waals surface area (Å²) in [6.07, 6.45) is 15.3. The van der Waals surface area contributed by atoms with Crippen LogP contribution in [0.5, 0.6) is 0 Å². The van der Waals surface area contributed by atoms with Crippen molar-refractivity contribution in [2.45, 2.75) is 70.1 Å². The summed E-state index contributed by atoms with van der Waals surface area (Å²) in [5.74, 6) is 2.54. The Morgan fingerprint density at radius 1 is 1.26 bits per heavy atom. The molecule has 1 spiro atoms. The van der Waals surface area contributed by atoms with E-state index in [2.05, 4.69) is 49.3 Å². The Balaban J connectivity index is 0.00000210. The molecule has 0 radical (unpaired) electrons. The van der Waals surface area contributed by atoms with E-state index in [1.54, 1.807) is 0 Å². The van der Waals surface area contributed by atoms with Gasteiger partial charge in [0.2, 0.25) is 5.91 Å². The number of amides is 1. The smallest absolute Gasteiger partial charge is 0.224 e. The number of nitrogens with zero attached hydrogens (tertiary/aromatic N) is 1. The fourth-order valence-corrected chi connectivity index (χ4v) is 7.17. The zero-order valence-electron chi connectivity index (χ0n) is 16.7. The topological polar surface area (TPSA) is 41.5 Å². The molecule has 2 fully saturated rings. The van der Waals surface area contributed by atoms with Crippen molar-refractivity contribution in [1.82, 2.24) is 5.32 Å². The predicted octanol–water partition coefficient (Wildman–Crippen LogP) is 5.17. The number of thioether (sulfide) groups is 1. The molecule has 1 saturated carbocycles. The maximum absolute atomic E-state index is 13.1. The maximum Gasteiger partial charge on any atom is 0.224 e. The standard InChI is InChI=1S/C22H32N2OS.ClH/c1-21(2,3)15-7-9-16(10-8-15)24-20(25)17-14-26-22-12-5-4-6-19(22)23-13-11-18(17)22;/h4-6,13,15-18H,7-12,14H2,1-3H3,(H,24,25);1H. The van der Waals surface area contributed by atoms with Crippen LogP contribution >= 0.6 is 24.2 Å². The lowest BCUT2D eigenvalue weighted by molar-refractivity contribution is -0.126. The third-order valence-electron chi connectivity index (χ3n) is 7.07. The Bertz CT molecular complexity index is 658. The van der Waals surface area contributed by atoms with E-state index in [4.69, 9.17) is 0 Å². The Hall–Kier alpha value is -0.740. The molecule has 3 atom stereocenters. The number of carbonyl (C=O) groups excluding carboxylic acids is 1. The van der Waals surface area contributed by atoms with Gasteiger partial charge in [0.25, 0.3) is 0 Å². The van der Waals surface area contributed by atoms with Gasteiger partial charge >= 0.3 is 0 Å². The van der Waals surface area contributed by atoms with Crippen molar-refractivity contribution in [3.05, 3.63) is 23.9 Å². The summed E-state index contributed by atoms with van der Waals surface area (Å²) in [6, 6.07) is 0.376. The largest absolute Gasteiger partial charge is 0.353 e. The first-order valence-corrected chi connectivity index (χ1v) is 11.2. The van der Waals surface area contributed by atoms with E-state index in [9.17, 15) is 4.79 Å². The van der Waals surface area contributed by atoms with Crippen molar-refractivity contribution >= 4 is 36.3 Å². The van der Waals surface area contributed by atoms with E-state index in [-0.39, 0.29) is 23.1 Å². The molecule has 1 amide bonds. The van der Waals surface area contributed by atoms with E-state index in [0.717, 1.165) is 37.4 Å². The summed E-state index contributed by atoms with van der Waals surface area (Å²) < 4.78 is 0.0510. The van der Waals surface area contributed by atoms with Gasteiger partial charge in [-0.15, -0.1) is 24.2 Å². The van der Waals surface area contributed by atoms with Gasteiger partial charge in [-0.3, -0.25) is 9.79 Å². The lowest BCUT2D eigenvalue weighted by Crippen LogP contribution is -2.46. The Kier molecular flexibility index (Phi) is 6.17. The number of halogens is 1. The Labute approximate surface area is 174 Å². The molecule has 1 N–H and O–H groups in total. The first-order chi connectivity index (χ1) is 12.4. The van der Waals surface area contributed by atoms with Crippen molar-refractivity contribution < 1.29 is 4.79 Å². The van der Waals surface area contributed by atoms with Gasteiger partial charge in [-0.2, -0.15) is 0 Å². The van der Waals surface area contributed by atoms with Crippen molar-refractivity contribution in [3.63, 3.8) is 0 Å². The van der Waals surface area contributed by atoms with E-state index < -0.39 is 0 Å². The van der Waals surface area contributed by atoms with Crippen LogP contribution in [0.2, 0.25) is 0 Å². The molecular formula is C22H33ClN2OS. The molecule has 2 aliphatic heterocycles. The van der Waals surface area contributed by atoms with E-state index in [0.29, 0.717) is 23.3 Å². The molecule has 0 bridgehead atoms. The average Bonchev–Trinajstić information content (AvgIpc) is 2.99. The first kappa shape index (κ1) is 21.0. The van der Waals surface area contributed by atoms with Gasteiger partial charge < -0.3 is 5.32 Å². The van der Waals surface area contributed by atoms with Gasteiger partial charge in [0.15, 0.2) is 0 Å². The second-order valence-corrected chi connectivity index (χ2v) is 10.9. The summed E-state index contributed by atoms with van der Waals surface area (Å²) in [5.41, 5.74) is 1.57.